The van der Waals surface area contributed by atoms with Gasteiger partial charge in [-0.3, -0.25) is 4.79 Å². The van der Waals surface area contributed by atoms with Crippen LogP contribution in [-0.2, 0) is 6.42 Å². The molecule has 8 heteroatoms. The van der Waals surface area contributed by atoms with E-state index in [0.717, 1.165) is 0 Å². The summed E-state index contributed by atoms with van der Waals surface area (Å²) in [7, 11) is 0. The standard InChI is InChI=1S/C18H23F3N2O3/c1-11(2)16(24)12-9-22-23-13(12)5-6-15(26-10-17(3,4)25)14(23)7-8-18(19,20)21/h5-6,9,11,25H,7-8,10H2,1-4H3. The van der Waals surface area contributed by atoms with Crippen LogP contribution in [0.1, 0.15) is 50.2 Å². The lowest BCUT2D eigenvalue weighted by Gasteiger charge is -2.20. The van der Waals surface area contributed by atoms with E-state index in [1.165, 1.54) is 30.6 Å². The smallest absolute Gasteiger partial charge is 0.389 e. The number of pyridine rings is 1. The SMILES string of the molecule is CC(C)C(=O)c1cnn2c(CCC(F)(F)F)c(OCC(C)(C)O)ccc12. The van der Waals surface area contributed by atoms with Crippen molar-refractivity contribution in [3.05, 3.63) is 29.6 Å². The van der Waals surface area contributed by atoms with Crippen molar-refractivity contribution in [2.75, 3.05) is 6.61 Å². The number of hydrogen-bond donors (Lipinski definition) is 1. The van der Waals surface area contributed by atoms with Crippen molar-refractivity contribution in [2.24, 2.45) is 5.92 Å². The van der Waals surface area contributed by atoms with Crippen molar-refractivity contribution in [1.82, 2.24) is 9.61 Å². The van der Waals surface area contributed by atoms with Crippen LogP contribution in [0.25, 0.3) is 5.52 Å². The Morgan fingerprint density at radius 1 is 1.31 bits per heavy atom. The van der Waals surface area contributed by atoms with Crippen LogP contribution in [0.4, 0.5) is 13.2 Å². The minimum atomic E-state index is -4.33. The Morgan fingerprint density at radius 2 is 1.96 bits per heavy atom. The largest absolute Gasteiger partial charge is 0.489 e. The van der Waals surface area contributed by atoms with E-state index in [4.69, 9.17) is 4.74 Å². The highest BCUT2D eigenvalue weighted by Crippen LogP contribution is 2.29. The van der Waals surface area contributed by atoms with E-state index in [1.807, 2.05) is 0 Å². The average molecular weight is 372 g/mol. The van der Waals surface area contributed by atoms with Crippen LogP contribution in [0.3, 0.4) is 0 Å². The highest BCUT2D eigenvalue weighted by molar-refractivity contribution is 6.03. The number of aromatic nitrogens is 2. The first-order chi connectivity index (χ1) is 11.9. The molecule has 0 unspecified atom stereocenters. The zero-order valence-corrected chi connectivity index (χ0v) is 15.2. The van der Waals surface area contributed by atoms with Crippen LogP contribution >= 0.6 is 0 Å². The topological polar surface area (TPSA) is 63.8 Å². The molecule has 5 nitrogen and oxygen atoms in total. The third kappa shape index (κ3) is 4.97. The molecular weight excluding hydrogens is 349 g/mol. The van der Waals surface area contributed by atoms with Crippen molar-refractivity contribution >= 4 is 11.3 Å². The molecule has 0 saturated carbocycles. The summed E-state index contributed by atoms with van der Waals surface area (Å²) in [5.74, 6) is -0.185. The average Bonchev–Trinajstić information content (AvgIpc) is 2.92. The van der Waals surface area contributed by atoms with Crippen LogP contribution < -0.4 is 4.74 Å². The molecule has 2 aromatic rings. The summed E-state index contributed by atoms with van der Waals surface area (Å²) in [5.41, 5.74) is -0.121. The van der Waals surface area contributed by atoms with Crippen LogP contribution in [0, 0.1) is 5.92 Å². The van der Waals surface area contributed by atoms with Gasteiger partial charge in [-0.25, -0.2) is 4.52 Å². The Labute approximate surface area is 149 Å². The molecule has 0 amide bonds. The number of carbonyl (C=O) groups is 1. The van der Waals surface area contributed by atoms with E-state index in [1.54, 1.807) is 19.9 Å². The van der Waals surface area contributed by atoms with Gasteiger partial charge in [0.25, 0.3) is 0 Å². The third-order valence-electron chi connectivity index (χ3n) is 3.76. The summed E-state index contributed by atoms with van der Waals surface area (Å²) in [5, 5.41) is 13.9. The molecule has 2 rings (SSSR count). The summed E-state index contributed by atoms with van der Waals surface area (Å²) < 4.78 is 45.0. The van der Waals surface area contributed by atoms with Gasteiger partial charge >= 0.3 is 6.18 Å². The van der Waals surface area contributed by atoms with Crippen molar-refractivity contribution in [3.63, 3.8) is 0 Å². The first-order valence-electron chi connectivity index (χ1n) is 8.35. The summed E-state index contributed by atoms with van der Waals surface area (Å²) in [4.78, 5) is 12.3. The number of aliphatic hydroxyl groups is 1. The van der Waals surface area contributed by atoms with Crippen molar-refractivity contribution in [3.8, 4) is 5.75 Å². The van der Waals surface area contributed by atoms with E-state index in [0.29, 0.717) is 11.1 Å². The number of ether oxygens (including phenoxy) is 1. The molecule has 0 fully saturated rings. The predicted molar refractivity (Wildman–Crippen MR) is 90.5 cm³/mol. The molecule has 0 atom stereocenters. The first kappa shape index (κ1) is 20.2. The number of alkyl halides is 3. The minimum Gasteiger partial charge on any atom is -0.489 e. The molecule has 144 valence electrons. The van der Waals surface area contributed by atoms with Crippen LogP contribution in [-0.4, -0.2) is 38.9 Å². The first-order valence-corrected chi connectivity index (χ1v) is 8.35. The summed E-state index contributed by atoms with van der Waals surface area (Å²) in [6.45, 7) is 6.48. The third-order valence-corrected chi connectivity index (χ3v) is 3.76. The van der Waals surface area contributed by atoms with Crippen molar-refractivity contribution in [1.29, 1.82) is 0 Å². The highest BCUT2D eigenvalue weighted by atomic mass is 19.4. The lowest BCUT2D eigenvalue weighted by Crippen LogP contribution is -2.28. The number of nitrogens with zero attached hydrogens (tertiary/aromatic N) is 2. The molecule has 0 spiro atoms. The van der Waals surface area contributed by atoms with Gasteiger partial charge in [0.2, 0.25) is 0 Å². The van der Waals surface area contributed by atoms with E-state index in [9.17, 15) is 23.1 Å². The number of fused-ring (bicyclic) bond motifs is 1. The zero-order valence-electron chi connectivity index (χ0n) is 15.2. The molecule has 0 radical (unpaired) electrons. The van der Waals surface area contributed by atoms with Crippen LogP contribution in [0.2, 0.25) is 0 Å². The fraction of sp³-hybridized carbons (Fsp3) is 0.556. The molecule has 0 aliphatic rings. The van der Waals surface area contributed by atoms with Gasteiger partial charge in [0.05, 0.1) is 28.6 Å². The van der Waals surface area contributed by atoms with Crippen LogP contribution in [0.15, 0.2) is 18.3 Å². The molecular formula is C18H23F3N2O3. The summed E-state index contributed by atoms with van der Waals surface area (Å²) in [6.07, 6.45) is -4.36. The Bertz CT molecular complexity index is 789. The molecule has 0 aromatic carbocycles. The number of ketones is 1. The quantitative estimate of drug-likeness (QED) is 0.751. The molecule has 0 saturated heterocycles. The minimum absolute atomic E-state index is 0.0867. The normalized spacial score (nSPS) is 12.8. The molecule has 2 heterocycles. The fourth-order valence-electron chi connectivity index (χ4n) is 2.46. The second kappa shape index (κ2) is 7.26. The maximum atomic E-state index is 12.7. The number of carbonyl (C=O) groups excluding carboxylic acids is 1. The molecule has 0 aliphatic heterocycles. The predicted octanol–water partition coefficient (Wildman–Crippen LogP) is 3.82. The van der Waals surface area contributed by atoms with Crippen LogP contribution in [0.5, 0.6) is 5.75 Å². The molecule has 0 bridgehead atoms. The number of Topliss-reactive ketones (excluding diaryl/α,β-unsaturated/α-hetero) is 1. The lowest BCUT2D eigenvalue weighted by molar-refractivity contribution is -0.134. The molecule has 26 heavy (non-hydrogen) atoms. The molecule has 1 N–H and O–H groups in total. The summed E-state index contributed by atoms with van der Waals surface area (Å²) in [6, 6.07) is 3.12. The van der Waals surface area contributed by atoms with Crippen molar-refractivity contribution < 1.29 is 27.8 Å². The van der Waals surface area contributed by atoms with Gasteiger partial charge in [-0.15, -0.1) is 0 Å². The number of aryl methyl sites for hydroxylation is 1. The Balaban J connectivity index is 2.48. The monoisotopic (exact) mass is 372 g/mol. The van der Waals surface area contributed by atoms with E-state index >= 15 is 0 Å². The molecule has 0 aliphatic carbocycles. The number of halogens is 3. The maximum absolute atomic E-state index is 12.7. The van der Waals surface area contributed by atoms with Gasteiger partial charge < -0.3 is 9.84 Å². The van der Waals surface area contributed by atoms with Gasteiger partial charge in [0.1, 0.15) is 12.4 Å². The molecule has 2 aromatic heterocycles. The van der Waals surface area contributed by atoms with Gasteiger partial charge in [0, 0.05) is 18.8 Å². The van der Waals surface area contributed by atoms with Gasteiger partial charge in [-0.2, -0.15) is 18.3 Å². The second-order valence-electron chi connectivity index (χ2n) is 7.23. The lowest BCUT2D eigenvalue weighted by atomic mass is 10.0. The Hall–Kier alpha value is -2.09. The number of hydrogen-bond acceptors (Lipinski definition) is 4. The van der Waals surface area contributed by atoms with Crippen molar-refractivity contribution in [2.45, 2.75) is 52.3 Å². The zero-order chi connectivity index (χ0) is 19.7. The highest BCUT2D eigenvalue weighted by Gasteiger charge is 2.29. The second-order valence-corrected chi connectivity index (χ2v) is 7.23. The summed E-state index contributed by atoms with van der Waals surface area (Å²) >= 11 is 0. The van der Waals surface area contributed by atoms with Gasteiger partial charge in [-0.1, -0.05) is 13.8 Å². The maximum Gasteiger partial charge on any atom is 0.389 e. The van der Waals surface area contributed by atoms with E-state index < -0.39 is 18.2 Å². The fourth-order valence-corrected chi connectivity index (χ4v) is 2.46. The van der Waals surface area contributed by atoms with Gasteiger partial charge in [0.15, 0.2) is 5.78 Å². The Kier molecular flexibility index (Phi) is 5.65. The number of rotatable bonds is 7. The van der Waals surface area contributed by atoms with E-state index in [2.05, 4.69) is 5.10 Å². The van der Waals surface area contributed by atoms with Gasteiger partial charge in [-0.05, 0) is 26.0 Å². The Morgan fingerprint density at radius 3 is 2.50 bits per heavy atom. The van der Waals surface area contributed by atoms with E-state index in [-0.39, 0.29) is 36.2 Å².